The van der Waals surface area contributed by atoms with Gasteiger partial charge in [-0.15, -0.1) is 0 Å². The predicted molar refractivity (Wildman–Crippen MR) is 40.7 cm³/mol. The van der Waals surface area contributed by atoms with Crippen LogP contribution < -0.4 is 11.1 Å². The average Bonchev–Trinajstić information content (AvgIpc) is 1.98. The molecule has 0 saturated heterocycles. The highest BCUT2D eigenvalue weighted by Crippen LogP contribution is 1.88. The maximum Gasteiger partial charge on any atom is 0.322 e. The summed E-state index contributed by atoms with van der Waals surface area (Å²) >= 11 is 0. The first-order valence-electron chi connectivity index (χ1n) is 3.38. The van der Waals surface area contributed by atoms with Crippen molar-refractivity contribution in [3.05, 3.63) is 0 Å². The molecule has 0 aliphatic heterocycles. The van der Waals surface area contributed by atoms with E-state index in [0.29, 0.717) is 0 Å². The van der Waals surface area contributed by atoms with Gasteiger partial charge in [0.1, 0.15) is 6.04 Å². The monoisotopic (exact) mass is 176 g/mol. The van der Waals surface area contributed by atoms with Crippen molar-refractivity contribution in [3.63, 3.8) is 0 Å². The highest BCUT2D eigenvalue weighted by Gasteiger charge is 2.19. The van der Waals surface area contributed by atoms with E-state index < -0.39 is 24.0 Å². The van der Waals surface area contributed by atoms with Gasteiger partial charge in [-0.05, 0) is 6.92 Å². The molecule has 0 aromatic carbocycles. The van der Waals surface area contributed by atoms with Crippen LogP contribution >= 0.6 is 0 Å². The average molecular weight is 176 g/mol. The molecule has 0 aliphatic rings. The van der Waals surface area contributed by atoms with Crippen LogP contribution in [0.1, 0.15) is 6.92 Å². The highest BCUT2D eigenvalue weighted by molar-refractivity contribution is 5.74. The largest absolute Gasteiger partial charge is 0.480 e. The lowest BCUT2D eigenvalue weighted by atomic mass is 10.1. The lowest BCUT2D eigenvalue weighted by molar-refractivity contribution is -0.140. The van der Waals surface area contributed by atoms with Crippen molar-refractivity contribution in [3.8, 4) is 0 Å². The summed E-state index contributed by atoms with van der Waals surface area (Å²) in [5.41, 5.74) is 5.19. The molecular weight excluding hydrogens is 164 g/mol. The van der Waals surface area contributed by atoms with E-state index in [-0.39, 0.29) is 6.54 Å². The quantitative estimate of drug-likeness (QED) is 0.404. The molecule has 0 unspecified atom stereocenters. The minimum atomic E-state index is -1.15. The second kappa shape index (κ2) is 4.68. The predicted octanol–water partition coefficient (Wildman–Crippen LogP) is -1.54. The summed E-state index contributed by atoms with van der Waals surface area (Å²) in [4.78, 5) is 20.3. The minimum Gasteiger partial charge on any atom is -0.480 e. The van der Waals surface area contributed by atoms with Crippen LogP contribution in [0.5, 0.6) is 0 Å². The Hall–Kier alpha value is -1.14. The van der Waals surface area contributed by atoms with Crippen LogP contribution in [0.3, 0.4) is 0 Å². The van der Waals surface area contributed by atoms with Gasteiger partial charge < -0.3 is 21.3 Å². The van der Waals surface area contributed by atoms with Crippen LogP contribution in [-0.4, -0.2) is 40.8 Å². The van der Waals surface area contributed by atoms with Gasteiger partial charge >= 0.3 is 11.9 Å². The fraction of sp³-hybridized carbons (Fsp3) is 0.667. The summed E-state index contributed by atoms with van der Waals surface area (Å²) in [7, 11) is 0. The maximum atomic E-state index is 10.3. The molecule has 0 spiro atoms. The molecule has 0 fully saturated rings. The number of nitrogens with one attached hydrogen (secondary N) is 1. The molecule has 0 aliphatic carbocycles. The SMILES string of the molecule is C[C@@H](NCC(=O)O)[C@H](N)C(=O)O. The number of carboxylic acids is 2. The number of carboxylic acid groups (broad SMARTS) is 2. The van der Waals surface area contributed by atoms with Gasteiger partial charge in [-0.2, -0.15) is 0 Å². The van der Waals surface area contributed by atoms with Crippen molar-refractivity contribution in [1.82, 2.24) is 5.32 Å². The molecule has 6 heteroatoms. The van der Waals surface area contributed by atoms with Crippen LogP contribution in [0.2, 0.25) is 0 Å². The summed E-state index contributed by atoms with van der Waals surface area (Å²) in [5, 5.41) is 19.1. The lowest BCUT2D eigenvalue weighted by Crippen LogP contribution is -2.49. The zero-order chi connectivity index (χ0) is 9.72. The Morgan fingerprint density at radius 2 is 2.00 bits per heavy atom. The van der Waals surface area contributed by atoms with Crippen molar-refractivity contribution in [1.29, 1.82) is 0 Å². The molecule has 6 nitrogen and oxygen atoms in total. The molecule has 0 rings (SSSR count). The number of aliphatic carboxylic acids is 2. The van der Waals surface area contributed by atoms with Gasteiger partial charge in [-0.3, -0.25) is 9.59 Å². The molecule has 0 bridgehead atoms. The molecule has 70 valence electrons. The fourth-order valence-corrected chi connectivity index (χ4v) is 0.589. The normalized spacial score (nSPS) is 15.2. The molecule has 2 atom stereocenters. The van der Waals surface area contributed by atoms with Crippen molar-refractivity contribution in [2.45, 2.75) is 19.0 Å². The molecule has 5 N–H and O–H groups in total. The third kappa shape index (κ3) is 3.89. The van der Waals surface area contributed by atoms with Crippen LogP contribution in [0.25, 0.3) is 0 Å². The van der Waals surface area contributed by atoms with Crippen molar-refractivity contribution >= 4 is 11.9 Å². The van der Waals surface area contributed by atoms with E-state index in [0.717, 1.165) is 0 Å². The maximum absolute atomic E-state index is 10.3. The second-order valence-electron chi connectivity index (χ2n) is 2.43. The molecule has 0 saturated carbocycles. The van der Waals surface area contributed by atoms with Crippen molar-refractivity contribution < 1.29 is 19.8 Å². The van der Waals surface area contributed by atoms with E-state index in [1.165, 1.54) is 6.92 Å². The Labute approximate surface area is 69.4 Å². The number of hydrogen-bond donors (Lipinski definition) is 4. The van der Waals surface area contributed by atoms with E-state index in [9.17, 15) is 9.59 Å². The Bertz CT molecular complexity index is 182. The van der Waals surface area contributed by atoms with Gasteiger partial charge in [-0.25, -0.2) is 0 Å². The summed E-state index contributed by atoms with van der Waals surface area (Å²) in [5.74, 6) is -2.19. The zero-order valence-electron chi connectivity index (χ0n) is 6.65. The van der Waals surface area contributed by atoms with E-state index in [1.54, 1.807) is 0 Å². The summed E-state index contributed by atoms with van der Waals surface area (Å²) in [6, 6.07) is -1.64. The minimum absolute atomic E-state index is 0.290. The second-order valence-corrected chi connectivity index (χ2v) is 2.43. The summed E-state index contributed by atoms with van der Waals surface area (Å²) < 4.78 is 0. The highest BCUT2D eigenvalue weighted by atomic mass is 16.4. The van der Waals surface area contributed by atoms with E-state index >= 15 is 0 Å². The third-order valence-corrected chi connectivity index (χ3v) is 1.40. The molecular formula is C6H12N2O4. The fourth-order valence-electron chi connectivity index (χ4n) is 0.589. The third-order valence-electron chi connectivity index (χ3n) is 1.40. The van der Waals surface area contributed by atoms with E-state index in [2.05, 4.69) is 5.32 Å². The first kappa shape index (κ1) is 10.9. The molecule has 0 radical (unpaired) electrons. The topological polar surface area (TPSA) is 113 Å². The number of nitrogens with two attached hydrogens (primary N) is 1. The smallest absolute Gasteiger partial charge is 0.322 e. The Morgan fingerprint density at radius 3 is 2.33 bits per heavy atom. The lowest BCUT2D eigenvalue weighted by Gasteiger charge is -2.15. The Balaban J connectivity index is 3.79. The molecule has 0 heterocycles. The molecule has 0 amide bonds. The number of rotatable bonds is 5. The summed E-state index contributed by atoms with van der Waals surface area (Å²) in [6.07, 6.45) is 0. The molecule has 0 aromatic heterocycles. The van der Waals surface area contributed by atoms with E-state index in [4.69, 9.17) is 15.9 Å². The first-order chi connectivity index (χ1) is 5.45. The van der Waals surface area contributed by atoms with Crippen LogP contribution in [-0.2, 0) is 9.59 Å². The van der Waals surface area contributed by atoms with Crippen LogP contribution in [0.4, 0.5) is 0 Å². The van der Waals surface area contributed by atoms with Gasteiger partial charge in [0.25, 0.3) is 0 Å². The Kier molecular flexibility index (Phi) is 4.24. The van der Waals surface area contributed by atoms with Crippen LogP contribution in [0, 0.1) is 0 Å². The number of carbonyl (C=O) groups is 2. The standard InChI is InChI=1S/C6H12N2O4/c1-3(5(7)6(11)12)8-2-4(9)10/h3,5,8H,2,7H2,1H3,(H,9,10)(H,11,12)/t3-,5+/m1/s1. The van der Waals surface area contributed by atoms with Gasteiger partial charge in [-0.1, -0.05) is 0 Å². The summed E-state index contributed by atoms with van der Waals surface area (Å²) in [6.45, 7) is 1.23. The zero-order valence-corrected chi connectivity index (χ0v) is 6.65. The van der Waals surface area contributed by atoms with Gasteiger partial charge in [0.15, 0.2) is 0 Å². The number of hydrogen-bond acceptors (Lipinski definition) is 4. The van der Waals surface area contributed by atoms with Gasteiger partial charge in [0.2, 0.25) is 0 Å². The van der Waals surface area contributed by atoms with Gasteiger partial charge in [0, 0.05) is 6.04 Å². The van der Waals surface area contributed by atoms with Crippen molar-refractivity contribution in [2.24, 2.45) is 5.73 Å². The van der Waals surface area contributed by atoms with E-state index in [1.807, 2.05) is 0 Å². The van der Waals surface area contributed by atoms with Crippen molar-refractivity contribution in [2.75, 3.05) is 6.54 Å². The first-order valence-corrected chi connectivity index (χ1v) is 3.38. The van der Waals surface area contributed by atoms with Crippen LogP contribution in [0.15, 0.2) is 0 Å². The molecule has 0 aromatic rings. The molecule has 12 heavy (non-hydrogen) atoms. The Morgan fingerprint density at radius 1 is 1.50 bits per heavy atom. The van der Waals surface area contributed by atoms with Gasteiger partial charge in [0.05, 0.1) is 6.54 Å².